The second-order valence-electron chi connectivity index (χ2n) is 9.37. The fourth-order valence-electron chi connectivity index (χ4n) is 4.49. The van der Waals surface area contributed by atoms with E-state index < -0.39 is 24.2 Å². The molecule has 0 aromatic heterocycles. The average molecular weight is 719 g/mol. The van der Waals surface area contributed by atoms with Crippen LogP contribution in [0.4, 0.5) is 0 Å². The molecule has 2 aromatic rings. The number of nitrogens with zero attached hydrogens (tertiary/aromatic N) is 1. The van der Waals surface area contributed by atoms with Gasteiger partial charge >= 0.3 is 0 Å². The van der Waals surface area contributed by atoms with Crippen LogP contribution in [0.3, 0.4) is 0 Å². The summed E-state index contributed by atoms with van der Waals surface area (Å²) in [5.41, 5.74) is 1.51. The number of methoxy groups -OCH3 is 1. The fourth-order valence-corrected chi connectivity index (χ4v) is 5.75. The summed E-state index contributed by atoms with van der Waals surface area (Å²) >= 11 is 14.6. The smallest absolute Gasteiger partial charge is 0.247 e. The predicted octanol–water partition coefficient (Wildman–Crippen LogP) is 4.01. The van der Waals surface area contributed by atoms with E-state index in [1.54, 1.807) is 36.4 Å². The van der Waals surface area contributed by atoms with Crippen LogP contribution in [0.2, 0.25) is 10.0 Å². The number of aliphatic hydroxyl groups is 3. The van der Waals surface area contributed by atoms with Gasteiger partial charge in [0.15, 0.2) is 11.5 Å². The summed E-state index contributed by atoms with van der Waals surface area (Å²) in [5, 5.41) is 33.9. The second kappa shape index (κ2) is 15.8. The van der Waals surface area contributed by atoms with Crippen LogP contribution in [0.5, 0.6) is 11.5 Å². The maximum atomic E-state index is 13.5. The Hall–Kier alpha value is -2.35. The summed E-state index contributed by atoms with van der Waals surface area (Å²) in [6, 6.07) is 7.42. The Bertz CT molecular complexity index is 1290. The van der Waals surface area contributed by atoms with Crippen LogP contribution < -0.4 is 14.8 Å². The summed E-state index contributed by atoms with van der Waals surface area (Å²) in [7, 11) is 1.46. The number of hydrogen-bond acceptors (Lipinski definition) is 7. The van der Waals surface area contributed by atoms with E-state index >= 15 is 0 Å². The van der Waals surface area contributed by atoms with Crippen LogP contribution in [-0.2, 0) is 22.7 Å². The normalized spacial score (nSPS) is 18.3. The Morgan fingerprint density at radius 1 is 1.24 bits per heavy atom. The van der Waals surface area contributed by atoms with Gasteiger partial charge in [-0.05, 0) is 70.5 Å². The minimum atomic E-state index is -1.25. The molecule has 0 bridgehead atoms. The highest BCUT2D eigenvalue weighted by atomic mass is 127. The lowest BCUT2D eigenvalue weighted by Crippen LogP contribution is -2.54. The summed E-state index contributed by atoms with van der Waals surface area (Å²) < 4.78 is 12.4. The van der Waals surface area contributed by atoms with Crippen molar-refractivity contribution in [1.29, 1.82) is 0 Å². The molecular weight excluding hydrogens is 686 g/mol. The number of benzene rings is 2. The van der Waals surface area contributed by atoms with Gasteiger partial charge in [-0.3, -0.25) is 9.59 Å². The zero-order valence-electron chi connectivity index (χ0n) is 22.5. The zero-order valence-corrected chi connectivity index (χ0v) is 26.2. The fraction of sp³-hybridized carbons (Fsp3) is 0.379. The van der Waals surface area contributed by atoms with Crippen LogP contribution in [-0.4, -0.2) is 70.5 Å². The van der Waals surface area contributed by atoms with Gasteiger partial charge in [0.1, 0.15) is 12.2 Å². The molecule has 4 N–H and O–H groups in total. The van der Waals surface area contributed by atoms with Crippen molar-refractivity contribution in [2.75, 3.05) is 20.3 Å². The van der Waals surface area contributed by atoms with Crippen LogP contribution in [0.1, 0.15) is 30.4 Å². The molecule has 0 fully saturated rings. The lowest BCUT2D eigenvalue weighted by atomic mass is 9.87. The molecule has 1 aliphatic carbocycles. The van der Waals surface area contributed by atoms with Crippen molar-refractivity contribution in [2.24, 2.45) is 0 Å². The third-order valence-corrected chi connectivity index (χ3v) is 7.97. The van der Waals surface area contributed by atoms with E-state index in [2.05, 4.69) is 11.9 Å². The van der Waals surface area contributed by atoms with E-state index in [4.69, 9.17) is 32.7 Å². The van der Waals surface area contributed by atoms with Crippen LogP contribution in [0.25, 0.3) is 0 Å². The van der Waals surface area contributed by atoms with Gasteiger partial charge in [0.25, 0.3) is 0 Å². The molecule has 9 nitrogen and oxygen atoms in total. The number of allylic oxidation sites excluding steroid dienone is 1. The molecule has 0 spiro atoms. The number of rotatable bonds is 13. The summed E-state index contributed by atoms with van der Waals surface area (Å²) in [6.07, 6.45) is 1.42. The lowest BCUT2D eigenvalue weighted by molar-refractivity contribution is -0.139. The third kappa shape index (κ3) is 8.59. The molecule has 2 aromatic carbocycles. The molecule has 222 valence electrons. The lowest BCUT2D eigenvalue weighted by Gasteiger charge is -2.41. The average Bonchev–Trinajstić information content (AvgIpc) is 2.96. The van der Waals surface area contributed by atoms with Gasteiger partial charge in [0, 0.05) is 41.5 Å². The number of hydrogen-bond donors (Lipinski definition) is 4. The van der Waals surface area contributed by atoms with Crippen LogP contribution >= 0.6 is 45.8 Å². The number of carbonyl (C=O) groups is 2. The minimum absolute atomic E-state index is 0.0288. The van der Waals surface area contributed by atoms with Crippen molar-refractivity contribution in [3.05, 3.63) is 79.4 Å². The topological polar surface area (TPSA) is 129 Å². The number of halogens is 3. The second-order valence-corrected chi connectivity index (χ2v) is 11.4. The minimum Gasteiger partial charge on any atom is -0.493 e. The number of nitrogens with one attached hydrogen (secondary N) is 1. The van der Waals surface area contributed by atoms with Gasteiger partial charge in [-0.15, -0.1) is 6.58 Å². The molecule has 0 unspecified atom stereocenters. The number of carbonyl (C=O) groups excluding carboxylic acids is 2. The van der Waals surface area contributed by atoms with E-state index in [0.29, 0.717) is 42.7 Å². The van der Waals surface area contributed by atoms with Crippen LogP contribution in [0, 0.1) is 3.57 Å². The van der Waals surface area contributed by atoms with E-state index in [-0.39, 0.29) is 50.6 Å². The van der Waals surface area contributed by atoms with Gasteiger partial charge in [-0.2, -0.15) is 0 Å². The standard InChI is InChI=1S/C29H33Cl2IN2O7/c1-3-4-5-26(37)34(15-18-6-7-20(30)14-21(18)31)23-12-19(29(39)33-8-9-35)13-24(27(23)38)41-28-22(32)10-17(16-36)11-25(28)40-2/h3,6-7,10-11,13-14,23-24,27,35-36,38H,1,4-5,8-9,12,15-16H2,2H3,(H,33,39)/t23-,24+,27+/m1/s1. The van der Waals surface area contributed by atoms with Crippen LogP contribution in [0.15, 0.2) is 54.6 Å². The first-order valence-corrected chi connectivity index (χ1v) is 14.7. The number of amides is 2. The van der Waals surface area contributed by atoms with Gasteiger partial charge in [0.2, 0.25) is 11.8 Å². The summed E-state index contributed by atoms with van der Waals surface area (Å²) in [6.45, 7) is 3.33. The van der Waals surface area contributed by atoms with Crippen molar-refractivity contribution >= 4 is 57.6 Å². The molecule has 41 heavy (non-hydrogen) atoms. The Labute approximate surface area is 262 Å². The zero-order chi connectivity index (χ0) is 30.1. The Morgan fingerprint density at radius 3 is 2.63 bits per heavy atom. The molecule has 0 radical (unpaired) electrons. The molecule has 0 saturated heterocycles. The first-order valence-electron chi connectivity index (χ1n) is 12.9. The molecule has 3 atom stereocenters. The van der Waals surface area contributed by atoms with E-state index in [1.807, 2.05) is 22.6 Å². The quantitative estimate of drug-likeness (QED) is 0.182. The SMILES string of the molecule is C=CCCC(=O)N(Cc1ccc(Cl)cc1Cl)[C@@H]1CC(C(=O)NCCO)=C[C@H](Oc2c(I)cc(CO)cc2OC)[C@H]1O. The molecule has 12 heteroatoms. The Morgan fingerprint density at radius 2 is 2.00 bits per heavy atom. The molecule has 0 saturated carbocycles. The van der Waals surface area contributed by atoms with Crippen molar-refractivity contribution in [2.45, 2.75) is 50.7 Å². The monoisotopic (exact) mass is 718 g/mol. The molecule has 3 rings (SSSR count). The van der Waals surface area contributed by atoms with E-state index in [9.17, 15) is 24.9 Å². The van der Waals surface area contributed by atoms with Crippen molar-refractivity contribution < 1.29 is 34.4 Å². The Kier molecular flexibility index (Phi) is 12.7. The highest BCUT2D eigenvalue weighted by Crippen LogP contribution is 2.37. The predicted molar refractivity (Wildman–Crippen MR) is 165 cm³/mol. The van der Waals surface area contributed by atoms with Crippen molar-refractivity contribution in [3.8, 4) is 11.5 Å². The largest absolute Gasteiger partial charge is 0.493 e. The highest BCUT2D eigenvalue weighted by molar-refractivity contribution is 14.1. The summed E-state index contributed by atoms with van der Waals surface area (Å²) in [4.78, 5) is 28.1. The van der Waals surface area contributed by atoms with E-state index in [1.165, 1.54) is 18.1 Å². The molecule has 0 aliphatic heterocycles. The van der Waals surface area contributed by atoms with E-state index in [0.717, 1.165) is 0 Å². The van der Waals surface area contributed by atoms with Crippen molar-refractivity contribution in [3.63, 3.8) is 0 Å². The van der Waals surface area contributed by atoms with Gasteiger partial charge in [-0.1, -0.05) is 35.3 Å². The molecule has 2 amide bonds. The molecular formula is C29H33Cl2IN2O7. The Balaban J connectivity index is 2.06. The van der Waals surface area contributed by atoms with Gasteiger partial charge in [-0.25, -0.2) is 0 Å². The maximum Gasteiger partial charge on any atom is 0.247 e. The van der Waals surface area contributed by atoms with Crippen molar-refractivity contribution in [1.82, 2.24) is 10.2 Å². The maximum absolute atomic E-state index is 13.5. The molecule has 1 aliphatic rings. The first kappa shape index (κ1) is 33.2. The third-order valence-electron chi connectivity index (χ3n) is 6.58. The molecule has 0 heterocycles. The number of ether oxygens (including phenoxy) is 2. The van der Waals surface area contributed by atoms with Gasteiger partial charge < -0.3 is 35.0 Å². The number of aliphatic hydroxyl groups excluding tert-OH is 3. The van der Waals surface area contributed by atoms with Gasteiger partial charge in [0.05, 0.1) is 29.9 Å². The highest BCUT2D eigenvalue weighted by Gasteiger charge is 2.41. The first-order chi connectivity index (χ1) is 19.6. The summed E-state index contributed by atoms with van der Waals surface area (Å²) in [5.74, 6) is -0.0755.